The lowest BCUT2D eigenvalue weighted by molar-refractivity contribution is 0.0958. The lowest BCUT2D eigenvalue weighted by Gasteiger charge is -2.38. The number of fused-ring (bicyclic) bond motifs is 2. The van der Waals surface area contributed by atoms with E-state index in [4.69, 9.17) is 24.2 Å². The molecular formula is C23H33N5O3. The van der Waals surface area contributed by atoms with Crippen LogP contribution >= 0.6 is 0 Å². The largest absolute Gasteiger partial charge is 0.491 e. The smallest absolute Gasteiger partial charge is 0.257 e. The van der Waals surface area contributed by atoms with Crippen molar-refractivity contribution in [1.82, 2.24) is 19.9 Å². The van der Waals surface area contributed by atoms with Crippen LogP contribution in [-0.2, 0) is 17.6 Å². The van der Waals surface area contributed by atoms with Crippen molar-refractivity contribution in [2.75, 3.05) is 59.0 Å². The van der Waals surface area contributed by atoms with Crippen molar-refractivity contribution in [2.45, 2.75) is 44.6 Å². The highest BCUT2D eigenvalue weighted by Gasteiger charge is 2.28. The van der Waals surface area contributed by atoms with Crippen molar-refractivity contribution in [2.24, 2.45) is 0 Å². The van der Waals surface area contributed by atoms with Crippen molar-refractivity contribution in [3.63, 3.8) is 0 Å². The molecule has 0 radical (unpaired) electrons. The summed E-state index contributed by atoms with van der Waals surface area (Å²) in [5.41, 5.74) is 9.10. The maximum Gasteiger partial charge on any atom is 0.257 e. The third kappa shape index (κ3) is 4.16. The summed E-state index contributed by atoms with van der Waals surface area (Å²) in [7, 11) is 3.27. The van der Waals surface area contributed by atoms with Crippen LogP contribution in [0.2, 0.25) is 0 Å². The molecule has 1 unspecified atom stereocenters. The van der Waals surface area contributed by atoms with E-state index in [1.165, 1.54) is 30.5 Å². The van der Waals surface area contributed by atoms with Gasteiger partial charge in [0.2, 0.25) is 0 Å². The Morgan fingerprint density at radius 3 is 2.61 bits per heavy atom. The molecule has 2 aliphatic heterocycles. The van der Waals surface area contributed by atoms with Crippen molar-refractivity contribution in [3.8, 4) is 11.6 Å². The molecule has 0 amide bonds. The summed E-state index contributed by atoms with van der Waals surface area (Å²) >= 11 is 0. The highest BCUT2D eigenvalue weighted by atomic mass is 16.5. The number of hydrogen-bond donors (Lipinski definition) is 1. The summed E-state index contributed by atoms with van der Waals surface area (Å²) in [5, 5.41) is 2.34. The second-order valence-electron chi connectivity index (χ2n) is 8.69. The number of aryl methyl sites for hydroxylation is 1. The zero-order chi connectivity index (χ0) is 21.2. The molecule has 168 valence electrons. The van der Waals surface area contributed by atoms with Gasteiger partial charge in [-0.25, -0.2) is 9.99 Å². The van der Waals surface area contributed by atoms with E-state index in [-0.39, 0.29) is 0 Å². The van der Waals surface area contributed by atoms with E-state index < -0.39 is 0 Å². The number of rotatable bonds is 5. The Morgan fingerprint density at radius 1 is 1.03 bits per heavy atom. The average molecular weight is 428 g/mol. The summed E-state index contributed by atoms with van der Waals surface area (Å²) in [6.45, 7) is 5.83. The molecule has 5 rings (SSSR count). The number of nitrogens with zero attached hydrogens (tertiary/aromatic N) is 4. The zero-order valence-electron chi connectivity index (χ0n) is 18.7. The van der Waals surface area contributed by atoms with Gasteiger partial charge >= 0.3 is 0 Å². The highest BCUT2D eigenvalue weighted by Crippen LogP contribution is 2.36. The molecule has 0 spiro atoms. The molecule has 2 aromatic heterocycles. The normalized spacial score (nSPS) is 22.8. The first-order chi connectivity index (χ1) is 15.3. The van der Waals surface area contributed by atoms with Crippen molar-refractivity contribution >= 4 is 16.7 Å². The van der Waals surface area contributed by atoms with Gasteiger partial charge in [0.1, 0.15) is 5.52 Å². The molecule has 1 atom stereocenters. The molecule has 2 aromatic rings. The molecule has 0 saturated carbocycles. The van der Waals surface area contributed by atoms with Gasteiger partial charge < -0.3 is 19.6 Å². The van der Waals surface area contributed by atoms with Crippen LogP contribution in [-0.4, -0.2) is 79.5 Å². The van der Waals surface area contributed by atoms with Gasteiger partial charge in [-0.1, -0.05) is 6.42 Å². The van der Waals surface area contributed by atoms with Gasteiger partial charge in [-0.2, -0.15) is 0 Å². The molecule has 8 nitrogen and oxygen atoms in total. The maximum absolute atomic E-state index is 5.59. The first-order valence-corrected chi connectivity index (χ1v) is 11.5. The number of anilines is 1. The predicted octanol–water partition coefficient (Wildman–Crippen LogP) is 2.65. The Balaban J connectivity index is 1.46. The van der Waals surface area contributed by atoms with Crippen LogP contribution in [0.15, 0.2) is 6.07 Å². The Kier molecular flexibility index (Phi) is 6.11. The molecule has 0 aromatic carbocycles. The number of hydrazine groups is 1. The molecule has 8 heteroatoms. The van der Waals surface area contributed by atoms with Gasteiger partial charge in [-0.15, -0.1) is 0 Å². The van der Waals surface area contributed by atoms with Gasteiger partial charge in [0.25, 0.3) is 5.88 Å². The summed E-state index contributed by atoms with van der Waals surface area (Å²) < 4.78 is 16.6. The Morgan fingerprint density at radius 2 is 1.87 bits per heavy atom. The van der Waals surface area contributed by atoms with Gasteiger partial charge in [0.05, 0.1) is 32.0 Å². The third-order valence-corrected chi connectivity index (χ3v) is 6.84. The second-order valence-corrected chi connectivity index (χ2v) is 8.69. The lowest BCUT2D eigenvalue weighted by Crippen LogP contribution is -2.52. The number of pyridine rings is 2. The van der Waals surface area contributed by atoms with Crippen LogP contribution in [0.3, 0.4) is 0 Å². The molecule has 4 heterocycles. The van der Waals surface area contributed by atoms with Crippen molar-refractivity contribution in [3.05, 3.63) is 17.3 Å². The Bertz CT molecular complexity index is 923. The lowest BCUT2D eigenvalue weighted by atomic mass is 10.0. The van der Waals surface area contributed by atoms with Crippen molar-refractivity contribution < 1.29 is 14.2 Å². The van der Waals surface area contributed by atoms with E-state index in [1.807, 2.05) is 6.07 Å². The SMILES string of the molecule is COc1cc2nc3c(c(NN4CCN(C5CCOC5)CC4)c2nc1OC)CCCCC3. The fraction of sp³-hybridized carbons (Fsp3) is 0.652. The fourth-order valence-corrected chi connectivity index (χ4v) is 5.06. The summed E-state index contributed by atoms with van der Waals surface area (Å²) in [5.74, 6) is 1.12. The van der Waals surface area contributed by atoms with E-state index in [9.17, 15) is 0 Å². The molecule has 3 aliphatic rings. The van der Waals surface area contributed by atoms with Crippen LogP contribution in [0, 0.1) is 0 Å². The number of ether oxygens (including phenoxy) is 3. The Hall–Kier alpha value is -2.16. The summed E-state index contributed by atoms with van der Waals surface area (Å²) in [4.78, 5) is 12.4. The number of nitrogens with one attached hydrogen (secondary N) is 1. The van der Waals surface area contributed by atoms with Crippen LogP contribution in [0.1, 0.15) is 36.9 Å². The fourth-order valence-electron chi connectivity index (χ4n) is 5.06. The number of piperazine rings is 1. The minimum Gasteiger partial charge on any atom is -0.491 e. The van der Waals surface area contributed by atoms with Crippen LogP contribution in [0.4, 0.5) is 5.69 Å². The van der Waals surface area contributed by atoms with E-state index >= 15 is 0 Å². The van der Waals surface area contributed by atoms with E-state index in [2.05, 4.69) is 15.3 Å². The molecule has 0 bridgehead atoms. The topological polar surface area (TPSA) is 72.0 Å². The van der Waals surface area contributed by atoms with Crippen LogP contribution in [0.25, 0.3) is 11.0 Å². The molecule has 1 aliphatic carbocycles. The summed E-state index contributed by atoms with van der Waals surface area (Å²) in [6.07, 6.45) is 6.83. The van der Waals surface area contributed by atoms with Crippen LogP contribution < -0.4 is 14.9 Å². The van der Waals surface area contributed by atoms with Gasteiger partial charge in [0.15, 0.2) is 5.75 Å². The van der Waals surface area contributed by atoms with E-state index in [0.29, 0.717) is 17.7 Å². The first-order valence-electron chi connectivity index (χ1n) is 11.5. The van der Waals surface area contributed by atoms with Crippen LogP contribution in [0.5, 0.6) is 11.6 Å². The molecule has 1 N–H and O–H groups in total. The molecule has 31 heavy (non-hydrogen) atoms. The average Bonchev–Trinajstić information content (AvgIpc) is 3.24. The van der Waals surface area contributed by atoms with Gasteiger partial charge in [0, 0.05) is 56.2 Å². The zero-order valence-corrected chi connectivity index (χ0v) is 18.7. The highest BCUT2D eigenvalue weighted by molar-refractivity contribution is 5.91. The maximum atomic E-state index is 5.59. The standard InChI is InChI=1S/C23H33N5O3/c1-29-20-14-19-22(25-23(20)30-2)21(17-6-4-3-5-7-18(17)24-19)26-28-11-9-27(10-12-28)16-8-13-31-15-16/h14,16H,3-13,15H2,1-2H3,(H,24,26). The van der Waals surface area contributed by atoms with Gasteiger partial charge in [-0.3, -0.25) is 9.88 Å². The quantitative estimate of drug-likeness (QED) is 0.731. The van der Waals surface area contributed by atoms with Gasteiger partial charge in [-0.05, 0) is 32.1 Å². The summed E-state index contributed by atoms with van der Waals surface area (Å²) in [6, 6.07) is 2.54. The molecule has 2 saturated heterocycles. The molecule has 2 fully saturated rings. The Labute approximate surface area is 183 Å². The second kappa shape index (κ2) is 9.14. The molecular weight excluding hydrogens is 394 g/mol. The minimum absolute atomic E-state index is 0.500. The monoisotopic (exact) mass is 427 g/mol. The van der Waals surface area contributed by atoms with Crippen molar-refractivity contribution in [1.29, 1.82) is 0 Å². The third-order valence-electron chi connectivity index (χ3n) is 6.84. The first kappa shape index (κ1) is 20.7. The van der Waals surface area contributed by atoms with E-state index in [1.54, 1.807) is 14.2 Å². The number of hydrogen-bond acceptors (Lipinski definition) is 8. The number of methoxy groups -OCH3 is 2. The van der Waals surface area contributed by atoms with E-state index in [0.717, 1.165) is 75.4 Å². The number of aromatic nitrogens is 2. The predicted molar refractivity (Wildman–Crippen MR) is 120 cm³/mol. The minimum atomic E-state index is 0.500.